The predicted molar refractivity (Wildman–Crippen MR) is 73.0 cm³/mol. The SMILES string of the molecule is CCC1(CN(C)Cc2ccccc2)CCCN1. The Morgan fingerprint density at radius 3 is 2.65 bits per heavy atom. The average molecular weight is 232 g/mol. The molecule has 94 valence electrons. The fourth-order valence-electron chi connectivity index (χ4n) is 2.88. The van der Waals surface area contributed by atoms with Gasteiger partial charge < -0.3 is 10.2 Å². The lowest BCUT2D eigenvalue weighted by molar-refractivity contribution is 0.214. The third-order valence-electron chi connectivity index (χ3n) is 3.88. The third kappa shape index (κ3) is 3.30. The van der Waals surface area contributed by atoms with Crippen molar-refractivity contribution in [3.8, 4) is 0 Å². The van der Waals surface area contributed by atoms with Crippen LogP contribution in [0.5, 0.6) is 0 Å². The molecule has 1 aliphatic rings. The molecule has 1 N–H and O–H groups in total. The molecule has 1 fully saturated rings. The van der Waals surface area contributed by atoms with E-state index in [1.165, 1.54) is 31.4 Å². The number of nitrogens with one attached hydrogen (secondary N) is 1. The van der Waals surface area contributed by atoms with Crippen molar-refractivity contribution >= 4 is 0 Å². The summed E-state index contributed by atoms with van der Waals surface area (Å²) in [4.78, 5) is 2.44. The zero-order chi connectivity index (χ0) is 12.1. The first kappa shape index (κ1) is 12.6. The molecular formula is C15H24N2. The highest BCUT2D eigenvalue weighted by molar-refractivity contribution is 5.14. The quantitative estimate of drug-likeness (QED) is 0.839. The standard InChI is InChI=1S/C15H24N2/c1-3-15(10-7-11-16-15)13-17(2)12-14-8-5-4-6-9-14/h4-6,8-9,16H,3,7,10-13H2,1-2H3. The zero-order valence-corrected chi connectivity index (χ0v) is 11.1. The molecule has 0 amide bonds. The van der Waals surface area contributed by atoms with Gasteiger partial charge in [0.1, 0.15) is 0 Å². The highest BCUT2D eigenvalue weighted by atomic mass is 15.2. The molecule has 2 rings (SSSR count). The van der Waals surface area contributed by atoms with Crippen molar-refractivity contribution in [2.45, 2.75) is 38.3 Å². The maximum atomic E-state index is 3.69. The molecule has 0 aliphatic carbocycles. The molecule has 2 heteroatoms. The van der Waals surface area contributed by atoms with E-state index in [4.69, 9.17) is 0 Å². The van der Waals surface area contributed by atoms with Gasteiger partial charge >= 0.3 is 0 Å². The summed E-state index contributed by atoms with van der Waals surface area (Å²) in [5, 5.41) is 3.69. The van der Waals surface area contributed by atoms with E-state index in [-0.39, 0.29) is 0 Å². The Bertz CT molecular complexity index is 328. The molecule has 0 aromatic heterocycles. The first-order valence-electron chi connectivity index (χ1n) is 6.72. The second-order valence-corrected chi connectivity index (χ2v) is 5.32. The van der Waals surface area contributed by atoms with Crippen LogP contribution in [0.3, 0.4) is 0 Å². The molecular weight excluding hydrogens is 208 g/mol. The van der Waals surface area contributed by atoms with Gasteiger partial charge in [-0.1, -0.05) is 37.3 Å². The summed E-state index contributed by atoms with van der Waals surface area (Å²) in [6.45, 7) is 5.68. The van der Waals surface area contributed by atoms with Gasteiger partial charge in [0.2, 0.25) is 0 Å². The van der Waals surface area contributed by atoms with Crippen molar-refractivity contribution in [3.05, 3.63) is 35.9 Å². The molecule has 1 aromatic carbocycles. The van der Waals surface area contributed by atoms with Gasteiger partial charge in [0.15, 0.2) is 0 Å². The minimum absolute atomic E-state index is 0.365. The Balaban J connectivity index is 1.90. The van der Waals surface area contributed by atoms with Crippen LogP contribution in [0.2, 0.25) is 0 Å². The predicted octanol–water partition coefficient (Wildman–Crippen LogP) is 2.65. The number of nitrogens with zero attached hydrogens (tertiary/aromatic N) is 1. The van der Waals surface area contributed by atoms with Crippen LogP contribution in [0.1, 0.15) is 31.7 Å². The topological polar surface area (TPSA) is 15.3 Å². The zero-order valence-electron chi connectivity index (χ0n) is 11.1. The molecule has 1 unspecified atom stereocenters. The van der Waals surface area contributed by atoms with Crippen molar-refractivity contribution in [1.29, 1.82) is 0 Å². The summed E-state index contributed by atoms with van der Waals surface area (Å²) < 4.78 is 0. The minimum Gasteiger partial charge on any atom is -0.310 e. The van der Waals surface area contributed by atoms with Gasteiger partial charge in [-0.2, -0.15) is 0 Å². The summed E-state index contributed by atoms with van der Waals surface area (Å²) in [6.07, 6.45) is 3.88. The fourth-order valence-corrected chi connectivity index (χ4v) is 2.88. The van der Waals surface area contributed by atoms with E-state index in [1.54, 1.807) is 0 Å². The Labute approximate surface area is 105 Å². The first-order valence-corrected chi connectivity index (χ1v) is 6.72. The van der Waals surface area contributed by atoms with E-state index >= 15 is 0 Å². The van der Waals surface area contributed by atoms with Gasteiger partial charge in [0.25, 0.3) is 0 Å². The average Bonchev–Trinajstić information content (AvgIpc) is 2.79. The Morgan fingerprint density at radius 1 is 1.29 bits per heavy atom. The van der Waals surface area contributed by atoms with Gasteiger partial charge in [0, 0.05) is 18.6 Å². The van der Waals surface area contributed by atoms with Crippen LogP contribution in [0.25, 0.3) is 0 Å². The van der Waals surface area contributed by atoms with Crippen molar-refractivity contribution < 1.29 is 0 Å². The number of hydrogen-bond acceptors (Lipinski definition) is 2. The molecule has 0 radical (unpaired) electrons. The van der Waals surface area contributed by atoms with Gasteiger partial charge in [0.05, 0.1) is 0 Å². The lowest BCUT2D eigenvalue weighted by Gasteiger charge is -2.33. The van der Waals surface area contributed by atoms with Gasteiger partial charge in [-0.25, -0.2) is 0 Å². The van der Waals surface area contributed by atoms with Crippen LogP contribution in [0, 0.1) is 0 Å². The molecule has 2 nitrogen and oxygen atoms in total. The summed E-state index contributed by atoms with van der Waals surface area (Å²) in [6, 6.07) is 10.7. The summed E-state index contributed by atoms with van der Waals surface area (Å²) in [7, 11) is 2.23. The van der Waals surface area contributed by atoms with Crippen molar-refractivity contribution in [3.63, 3.8) is 0 Å². The van der Waals surface area contributed by atoms with E-state index in [0.717, 1.165) is 13.1 Å². The molecule has 17 heavy (non-hydrogen) atoms. The molecule has 1 atom stereocenters. The minimum atomic E-state index is 0.365. The van der Waals surface area contributed by atoms with E-state index in [2.05, 4.69) is 54.5 Å². The van der Waals surface area contributed by atoms with Crippen LogP contribution in [0.4, 0.5) is 0 Å². The van der Waals surface area contributed by atoms with Crippen LogP contribution < -0.4 is 5.32 Å². The van der Waals surface area contributed by atoms with Crippen molar-refractivity contribution in [2.24, 2.45) is 0 Å². The van der Waals surface area contributed by atoms with Crippen LogP contribution in [-0.4, -0.2) is 30.6 Å². The summed E-state index contributed by atoms with van der Waals surface area (Å²) in [5.74, 6) is 0. The van der Waals surface area contributed by atoms with Gasteiger partial charge in [-0.3, -0.25) is 0 Å². The van der Waals surface area contributed by atoms with E-state index < -0.39 is 0 Å². The largest absolute Gasteiger partial charge is 0.310 e. The monoisotopic (exact) mass is 232 g/mol. The molecule has 0 spiro atoms. The number of rotatable bonds is 5. The normalized spacial score (nSPS) is 24.4. The smallest absolute Gasteiger partial charge is 0.0306 e. The number of hydrogen-bond donors (Lipinski definition) is 1. The highest BCUT2D eigenvalue weighted by Gasteiger charge is 2.32. The van der Waals surface area contributed by atoms with Crippen molar-refractivity contribution in [2.75, 3.05) is 20.1 Å². The molecule has 0 bridgehead atoms. The van der Waals surface area contributed by atoms with Crippen LogP contribution >= 0.6 is 0 Å². The van der Waals surface area contributed by atoms with Gasteiger partial charge in [-0.15, -0.1) is 0 Å². The van der Waals surface area contributed by atoms with E-state index in [9.17, 15) is 0 Å². The van der Waals surface area contributed by atoms with Gasteiger partial charge in [-0.05, 0) is 38.4 Å². The summed E-state index contributed by atoms with van der Waals surface area (Å²) in [5.41, 5.74) is 1.77. The Hall–Kier alpha value is -0.860. The maximum Gasteiger partial charge on any atom is 0.0306 e. The maximum absolute atomic E-state index is 3.69. The number of likely N-dealkylation sites (N-methyl/N-ethyl adjacent to an activating group) is 1. The molecule has 1 heterocycles. The third-order valence-corrected chi connectivity index (χ3v) is 3.88. The fraction of sp³-hybridized carbons (Fsp3) is 0.600. The first-order chi connectivity index (χ1) is 8.24. The highest BCUT2D eigenvalue weighted by Crippen LogP contribution is 2.24. The molecule has 0 saturated carbocycles. The van der Waals surface area contributed by atoms with Crippen molar-refractivity contribution in [1.82, 2.24) is 10.2 Å². The van der Waals surface area contributed by atoms with Crippen LogP contribution in [0.15, 0.2) is 30.3 Å². The Morgan fingerprint density at radius 2 is 2.06 bits per heavy atom. The number of benzene rings is 1. The second kappa shape index (κ2) is 5.65. The molecule has 1 aliphatic heterocycles. The van der Waals surface area contributed by atoms with Crippen LogP contribution in [-0.2, 0) is 6.54 Å². The second-order valence-electron chi connectivity index (χ2n) is 5.32. The molecule has 1 aromatic rings. The van der Waals surface area contributed by atoms with E-state index in [0.29, 0.717) is 5.54 Å². The van der Waals surface area contributed by atoms with E-state index in [1.807, 2.05) is 0 Å². The lowest BCUT2D eigenvalue weighted by atomic mass is 9.93. The molecule has 1 saturated heterocycles. The Kier molecular flexibility index (Phi) is 4.19. The lowest BCUT2D eigenvalue weighted by Crippen LogP contribution is -2.48. The summed E-state index contributed by atoms with van der Waals surface area (Å²) >= 11 is 0.